The minimum absolute atomic E-state index is 0.121. The fourth-order valence-electron chi connectivity index (χ4n) is 4.27. The Morgan fingerprint density at radius 3 is 2.19 bits per heavy atom. The second kappa shape index (κ2) is 11.2. The Balaban J connectivity index is 1.66. The molecule has 1 amide bonds. The Hall–Kier alpha value is -2.38. The van der Waals surface area contributed by atoms with Gasteiger partial charge in [0.1, 0.15) is 5.52 Å². The molecule has 0 bridgehead atoms. The predicted octanol–water partition coefficient (Wildman–Crippen LogP) is 3.47. The number of sulfonamides is 1. The van der Waals surface area contributed by atoms with Gasteiger partial charge >= 0.3 is 0 Å². The fourth-order valence-corrected chi connectivity index (χ4v) is 7.70. The molecule has 1 aliphatic rings. The number of rotatable bonds is 8. The van der Waals surface area contributed by atoms with E-state index in [-0.39, 0.29) is 15.7 Å². The van der Waals surface area contributed by atoms with Crippen molar-refractivity contribution in [1.82, 2.24) is 14.2 Å². The van der Waals surface area contributed by atoms with Crippen molar-refractivity contribution in [3.05, 3.63) is 48.0 Å². The Morgan fingerprint density at radius 1 is 0.946 bits per heavy atom. The first-order valence-electron chi connectivity index (χ1n) is 12.1. The second-order valence-corrected chi connectivity index (χ2v) is 14.4. The van der Waals surface area contributed by atoms with Crippen molar-refractivity contribution in [2.45, 2.75) is 35.5 Å². The maximum absolute atomic E-state index is 13.6. The van der Waals surface area contributed by atoms with E-state index in [1.807, 2.05) is 19.0 Å². The van der Waals surface area contributed by atoms with E-state index in [9.17, 15) is 21.6 Å². The van der Waals surface area contributed by atoms with Crippen molar-refractivity contribution in [3.63, 3.8) is 0 Å². The lowest BCUT2D eigenvalue weighted by atomic mass is 10.2. The molecule has 2 aromatic carbocycles. The quantitative estimate of drug-likeness (QED) is 0.412. The number of carbonyl (C=O) groups is 1. The van der Waals surface area contributed by atoms with Crippen LogP contribution in [-0.4, -0.2) is 83.5 Å². The third-order valence-corrected chi connectivity index (χ3v) is 10.4. The summed E-state index contributed by atoms with van der Waals surface area (Å²) in [5.41, 5.74) is 0.669. The number of fused-ring (bicyclic) bond motifs is 1. The molecule has 0 spiro atoms. The zero-order valence-corrected chi connectivity index (χ0v) is 23.7. The number of benzene rings is 2. The average molecular weight is 565 g/mol. The van der Waals surface area contributed by atoms with Crippen LogP contribution in [0.2, 0.25) is 0 Å². The first kappa shape index (κ1) is 27.6. The summed E-state index contributed by atoms with van der Waals surface area (Å²) in [7, 11) is -3.33. The summed E-state index contributed by atoms with van der Waals surface area (Å²) >= 11 is 1.25. The molecule has 1 aromatic heterocycles. The molecular weight excluding hydrogens is 532 g/mol. The number of sulfone groups is 1. The van der Waals surface area contributed by atoms with Crippen LogP contribution < -0.4 is 4.90 Å². The summed E-state index contributed by atoms with van der Waals surface area (Å²) in [5.74, 6) is -0.333. The largest absolute Gasteiger partial charge is 0.308 e. The molecule has 0 saturated carbocycles. The average Bonchev–Trinajstić information content (AvgIpc) is 3.07. The van der Waals surface area contributed by atoms with Gasteiger partial charge in [-0.2, -0.15) is 4.31 Å². The lowest BCUT2D eigenvalue weighted by Crippen LogP contribution is -2.36. The van der Waals surface area contributed by atoms with Gasteiger partial charge in [-0.15, -0.1) is 0 Å². The van der Waals surface area contributed by atoms with Crippen LogP contribution in [0.25, 0.3) is 10.2 Å². The van der Waals surface area contributed by atoms with E-state index in [1.165, 1.54) is 50.9 Å². The molecule has 12 heteroatoms. The number of carbonyl (C=O) groups excluding carboxylic acids is 1. The zero-order chi connectivity index (χ0) is 26.8. The number of nitrogens with zero attached hydrogens (tertiary/aromatic N) is 4. The maximum Gasteiger partial charge on any atom is 0.260 e. The first-order valence-corrected chi connectivity index (χ1v) is 16.3. The fraction of sp³-hybridized carbons (Fsp3) is 0.440. The molecule has 0 radical (unpaired) electrons. The van der Waals surface area contributed by atoms with Crippen LogP contribution in [0.3, 0.4) is 0 Å². The number of hydrogen-bond acceptors (Lipinski definition) is 8. The van der Waals surface area contributed by atoms with Crippen molar-refractivity contribution in [2.75, 3.05) is 51.4 Å². The molecule has 37 heavy (non-hydrogen) atoms. The van der Waals surface area contributed by atoms with Gasteiger partial charge in [0, 0.05) is 38.0 Å². The van der Waals surface area contributed by atoms with Gasteiger partial charge in [0.25, 0.3) is 5.91 Å². The van der Waals surface area contributed by atoms with E-state index in [2.05, 4.69) is 4.98 Å². The Bertz CT molecular complexity index is 1470. The number of thiazole rings is 1. The minimum atomic E-state index is -3.62. The number of hydrogen-bond donors (Lipinski definition) is 0. The monoisotopic (exact) mass is 564 g/mol. The summed E-state index contributed by atoms with van der Waals surface area (Å²) < 4.78 is 53.0. The van der Waals surface area contributed by atoms with E-state index in [0.717, 1.165) is 31.9 Å². The molecule has 3 aromatic rings. The summed E-state index contributed by atoms with van der Waals surface area (Å²) in [6.07, 6.45) is 4.88. The Morgan fingerprint density at radius 2 is 1.59 bits per heavy atom. The van der Waals surface area contributed by atoms with Crippen LogP contribution in [0.4, 0.5) is 5.13 Å². The van der Waals surface area contributed by atoms with Gasteiger partial charge in [-0.1, -0.05) is 30.2 Å². The first-order chi connectivity index (χ1) is 17.5. The van der Waals surface area contributed by atoms with Crippen LogP contribution in [-0.2, 0) is 19.9 Å². The number of likely N-dealkylation sites (N-methyl/N-ethyl adjacent to an activating group) is 1. The van der Waals surface area contributed by atoms with E-state index < -0.39 is 19.9 Å². The van der Waals surface area contributed by atoms with Crippen LogP contribution in [0, 0.1) is 0 Å². The van der Waals surface area contributed by atoms with Gasteiger partial charge < -0.3 is 4.90 Å². The number of amides is 1. The highest BCUT2D eigenvalue weighted by atomic mass is 32.2. The standard InChI is InChI=1S/C25H32N4O5S3/c1-27(2)17-18-29(25-26-23-21(35-25)9-8-10-22(23)36(3,31)32)24(30)19-11-13-20(14-12-19)37(33,34)28-15-6-4-5-7-16-28/h8-14H,4-7,15-18H2,1-3H3. The van der Waals surface area contributed by atoms with Crippen molar-refractivity contribution in [3.8, 4) is 0 Å². The summed E-state index contributed by atoms with van der Waals surface area (Å²) in [6.45, 7) is 1.90. The van der Waals surface area contributed by atoms with Crippen molar-refractivity contribution >= 4 is 52.5 Å². The molecule has 0 atom stereocenters. The van der Waals surface area contributed by atoms with Gasteiger partial charge in [-0.25, -0.2) is 21.8 Å². The summed E-state index contributed by atoms with van der Waals surface area (Å²) in [6, 6.07) is 11.0. The molecule has 1 saturated heterocycles. The maximum atomic E-state index is 13.6. The SMILES string of the molecule is CN(C)CCN(C(=O)c1ccc(S(=O)(=O)N2CCCCCC2)cc1)c1nc2c(S(C)(=O)=O)cccc2s1. The topological polar surface area (TPSA) is 108 Å². The molecule has 4 rings (SSSR count). The van der Waals surface area contributed by atoms with Crippen LogP contribution in [0.15, 0.2) is 52.3 Å². The zero-order valence-electron chi connectivity index (χ0n) is 21.3. The van der Waals surface area contributed by atoms with Crippen molar-refractivity contribution in [1.29, 1.82) is 0 Å². The van der Waals surface area contributed by atoms with E-state index in [1.54, 1.807) is 12.1 Å². The smallest absolute Gasteiger partial charge is 0.260 e. The predicted molar refractivity (Wildman–Crippen MR) is 147 cm³/mol. The number of anilines is 1. The highest BCUT2D eigenvalue weighted by Gasteiger charge is 2.27. The number of para-hydroxylation sites is 1. The minimum Gasteiger partial charge on any atom is -0.308 e. The van der Waals surface area contributed by atoms with Gasteiger partial charge in [0.2, 0.25) is 10.0 Å². The molecule has 1 fully saturated rings. The molecule has 0 aliphatic carbocycles. The van der Waals surface area contributed by atoms with E-state index in [0.29, 0.717) is 47.1 Å². The molecule has 200 valence electrons. The lowest BCUT2D eigenvalue weighted by Gasteiger charge is -2.22. The van der Waals surface area contributed by atoms with E-state index in [4.69, 9.17) is 0 Å². The van der Waals surface area contributed by atoms with Gasteiger partial charge in [-0.05, 0) is 63.3 Å². The van der Waals surface area contributed by atoms with E-state index >= 15 is 0 Å². The third kappa shape index (κ3) is 6.20. The second-order valence-electron chi connectivity index (χ2n) is 9.47. The highest BCUT2D eigenvalue weighted by Crippen LogP contribution is 2.33. The molecule has 1 aliphatic heterocycles. The summed E-state index contributed by atoms with van der Waals surface area (Å²) in [5, 5.41) is 0.388. The van der Waals surface area contributed by atoms with Crippen LogP contribution in [0.1, 0.15) is 36.0 Å². The Labute approximate surface area is 222 Å². The number of aromatic nitrogens is 1. The van der Waals surface area contributed by atoms with Crippen LogP contribution in [0.5, 0.6) is 0 Å². The van der Waals surface area contributed by atoms with Gasteiger partial charge in [0.15, 0.2) is 15.0 Å². The highest BCUT2D eigenvalue weighted by molar-refractivity contribution is 7.91. The van der Waals surface area contributed by atoms with Gasteiger partial charge in [0.05, 0.1) is 14.5 Å². The molecule has 9 nitrogen and oxygen atoms in total. The van der Waals surface area contributed by atoms with Crippen molar-refractivity contribution < 1.29 is 21.6 Å². The molecule has 0 N–H and O–H groups in total. The normalized spacial score (nSPS) is 15.7. The molecular formula is C25H32N4O5S3. The third-order valence-electron chi connectivity index (χ3n) is 6.32. The lowest BCUT2D eigenvalue weighted by molar-refractivity contribution is 0.0985. The molecule has 2 heterocycles. The Kier molecular flexibility index (Phi) is 8.34. The van der Waals surface area contributed by atoms with Crippen molar-refractivity contribution in [2.24, 2.45) is 0 Å². The van der Waals surface area contributed by atoms with Gasteiger partial charge in [-0.3, -0.25) is 9.69 Å². The molecule has 0 unspecified atom stereocenters. The summed E-state index contributed by atoms with van der Waals surface area (Å²) in [4.78, 5) is 21.9. The van der Waals surface area contributed by atoms with Crippen LogP contribution >= 0.6 is 11.3 Å².